The van der Waals surface area contributed by atoms with E-state index in [1.54, 1.807) is 6.20 Å². The first-order valence-corrected chi connectivity index (χ1v) is 5.62. The van der Waals surface area contributed by atoms with E-state index in [-0.39, 0.29) is 0 Å². The maximum Gasteiger partial charge on any atom is 0.0955 e. The zero-order chi connectivity index (χ0) is 12.1. The van der Waals surface area contributed by atoms with Crippen molar-refractivity contribution in [3.63, 3.8) is 0 Å². The summed E-state index contributed by atoms with van der Waals surface area (Å²) in [5.74, 6) is 0. The minimum atomic E-state index is 0.583. The van der Waals surface area contributed by atoms with Crippen molar-refractivity contribution in [1.29, 1.82) is 5.26 Å². The number of pyridine rings is 1. The molecule has 0 N–H and O–H groups in total. The van der Waals surface area contributed by atoms with Gasteiger partial charge in [0.25, 0.3) is 0 Å². The highest BCUT2D eigenvalue weighted by Gasteiger charge is 2.08. The molecule has 0 saturated heterocycles. The van der Waals surface area contributed by atoms with Gasteiger partial charge in [0.2, 0.25) is 0 Å². The number of nitriles is 1. The lowest BCUT2D eigenvalue weighted by atomic mass is 10.2. The molecule has 0 aromatic carbocycles. The monoisotopic (exact) mass is 226 g/mol. The first-order valence-electron chi connectivity index (χ1n) is 5.62. The predicted octanol–water partition coefficient (Wildman–Crippen LogP) is 2.56. The van der Waals surface area contributed by atoms with E-state index in [0.29, 0.717) is 6.42 Å². The molecule has 4 heteroatoms. The third-order valence-electron chi connectivity index (χ3n) is 2.72. The number of hydrogen-bond donors (Lipinski definition) is 0. The summed E-state index contributed by atoms with van der Waals surface area (Å²) in [6.45, 7) is 2.88. The summed E-state index contributed by atoms with van der Waals surface area (Å²) >= 11 is 0. The Morgan fingerprint density at radius 2 is 2.35 bits per heavy atom. The van der Waals surface area contributed by atoms with Crippen LogP contribution in [0.3, 0.4) is 0 Å². The Kier molecular flexibility index (Phi) is 3.51. The molecule has 2 rings (SSSR count). The van der Waals surface area contributed by atoms with Gasteiger partial charge in [-0.15, -0.1) is 0 Å². The van der Waals surface area contributed by atoms with Crippen LogP contribution in [-0.4, -0.2) is 14.5 Å². The molecular weight excluding hydrogens is 212 g/mol. The molecule has 2 aromatic heterocycles. The Bertz CT molecular complexity index is 522. The lowest BCUT2D eigenvalue weighted by molar-refractivity contribution is 0.639. The molecule has 2 aromatic rings. The molecule has 17 heavy (non-hydrogen) atoms. The van der Waals surface area contributed by atoms with Crippen molar-refractivity contribution in [1.82, 2.24) is 14.5 Å². The summed E-state index contributed by atoms with van der Waals surface area (Å²) < 4.78 is 2.08. The Balaban J connectivity index is 2.19. The predicted molar refractivity (Wildman–Crippen MR) is 65.0 cm³/mol. The van der Waals surface area contributed by atoms with Crippen molar-refractivity contribution >= 4 is 0 Å². The van der Waals surface area contributed by atoms with Crippen LogP contribution < -0.4 is 0 Å². The van der Waals surface area contributed by atoms with Crippen molar-refractivity contribution in [2.45, 2.75) is 26.3 Å². The second-order valence-corrected chi connectivity index (χ2v) is 3.88. The zero-order valence-corrected chi connectivity index (χ0v) is 9.80. The number of rotatable bonds is 4. The van der Waals surface area contributed by atoms with Crippen molar-refractivity contribution in [2.75, 3.05) is 0 Å². The molecule has 0 bridgehead atoms. The molecule has 0 aliphatic carbocycles. The van der Waals surface area contributed by atoms with Gasteiger partial charge in [-0.2, -0.15) is 5.26 Å². The summed E-state index contributed by atoms with van der Waals surface area (Å²) in [5.41, 5.74) is 3.12. The largest absolute Gasteiger partial charge is 0.334 e. The van der Waals surface area contributed by atoms with Gasteiger partial charge >= 0.3 is 0 Å². The van der Waals surface area contributed by atoms with Gasteiger partial charge in [0.1, 0.15) is 0 Å². The van der Waals surface area contributed by atoms with Crippen LogP contribution in [0.25, 0.3) is 11.3 Å². The number of nitrogens with zero attached hydrogens (tertiary/aromatic N) is 4. The van der Waals surface area contributed by atoms with E-state index in [4.69, 9.17) is 5.26 Å². The Morgan fingerprint density at radius 3 is 3.06 bits per heavy atom. The summed E-state index contributed by atoms with van der Waals surface area (Å²) in [6.07, 6.45) is 6.84. The highest BCUT2D eigenvalue weighted by atomic mass is 15.1. The van der Waals surface area contributed by atoms with Crippen LogP contribution >= 0.6 is 0 Å². The number of aromatic nitrogens is 3. The molecule has 0 atom stereocenters. The maximum absolute atomic E-state index is 8.51. The van der Waals surface area contributed by atoms with Gasteiger partial charge in [0.05, 0.1) is 18.1 Å². The standard InChI is InChI=1S/C13H14N4/c1-11-13(12-5-4-7-15-9-12)16-10-17(11)8-3-2-6-14/h4-5,7,9-10H,2-3,8H2,1H3. The van der Waals surface area contributed by atoms with Crippen LogP contribution in [0, 0.1) is 18.3 Å². The summed E-state index contributed by atoms with van der Waals surface area (Å²) in [4.78, 5) is 8.50. The van der Waals surface area contributed by atoms with Crippen LogP contribution in [0.4, 0.5) is 0 Å². The number of aryl methyl sites for hydroxylation is 1. The molecular formula is C13H14N4. The van der Waals surface area contributed by atoms with Crippen molar-refractivity contribution in [2.24, 2.45) is 0 Å². The van der Waals surface area contributed by atoms with Crippen LogP contribution in [0.15, 0.2) is 30.9 Å². The van der Waals surface area contributed by atoms with E-state index in [1.807, 2.05) is 31.6 Å². The molecule has 0 aliphatic rings. The molecule has 0 amide bonds. The van der Waals surface area contributed by atoms with Crippen molar-refractivity contribution in [3.05, 3.63) is 36.5 Å². The minimum absolute atomic E-state index is 0.583. The topological polar surface area (TPSA) is 54.5 Å². The lowest BCUT2D eigenvalue weighted by Crippen LogP contribution is -1.98. The van der Waals surface area contributed by atoms with Crippen LogP contribution in [0.5, 0.6) is 0 Å². The highest BCUT2D eigenvalue weighted by molar-refractivity contribution is 5.60. The lowest BCUT2D eigenvalue weighted by Gasteiger charge is -2.04. The summed E-state index contributed by atoms with van der Waals surface area (Å²) in [6, 6.07) is 6.06. The first-order chi connectivity index (χ1) is 8.33. The fourth-order valence-corrected chi connectivity index (χ4v) is 1.78. The third kappa shape index (κ3) is 2.51. The fourth-order valence-electron chi connectivity index (χ4n) is 1.78. The van der Waals surface area contributed by atoms with Gasteiger partial charge in [-0.25, -0.2) is 4.98 Å². The highest BCUT2D eigenvalue weighted by Crippen LogP contribution is 2.20. The third-order valence-corrected chi connectivity index (χ3v) is 2.72. The van der Waals surface area contributed by atoms with E-state index in [9.17, 15) is 0 Å². The van der Waals surface area contributed by atoms with Crippen molar-refractivity contribution < 1.29 is 0 Å². The molecule has 0 aliphatic heterocycles. The van der Waals surface area contributed by atoms with E-state index >= 15 is 0 Å². The maximum atomic E-state index is 8.51. The Morgan fingerprint density at radius 1 is 1.47 bits per heavy atom. The number of imidazole rings is 1. The molecule has 0 saturated carbocycles. The van der Waals surface area contributed by atoms with Crippen LogP contribution in [0.1, 0.15) is 18.5 Å². The van der Waals surface area contributed by atoms with Gasteiger partial charge in [0.15, 0.2) is 0 Å². The second kappa shape index (κ2) is 5.26. The smallest absolute Gasteiger partial charge is 0.0955 e. The van der Waals surface area contributed by atoms with E-state index in [1.165, 1.54) is 0 Å². The quantitative estimate of drug-likeness (QED) is 0.753. The van der Waals surface area contributed by atoms with Gasteiger partial charge in [0, 0.05) is 36.6 Å². The average Bonchev–Trinajstić information content (AvgIpc) is 2.73. The molecule has 0 radical (unpaired) electrons. The minimum Gasteiger partial charge on any atom is -0.334 e. The fraction of sp³-hybridized carbons (Fsp3) is 0.308. The van der Waals surface area contributed by atoms with Crippen LogP contribution in [0.2, 0.25) is 0 Å². The average molecular weight is 226 g/mol. The first kappa shape index (κ1) is 11.3. The Hall–Kier alpha value is -2.15. The SMILES string of the molecule is Cc1c(-c2cccnc2)ncn1CCCC#N. The van der Waals surface area contributed by atoms with Gasteiger partial charge < -0.3 is 4.57 Å². The van der Waals surface area contributed by atoms with Crippen LogP contribution in [-0.2, 0) is 6.54 Å². The van der Waals surface area contributed by atoms with E-state index in [2.05, 4.69) is 20.6 Å². The summed E-state index contributed by atoms with van der Waals surface area (Å²) in [7, 11) is 0. The normalized spacial score (nSPS) is 10.1. The van der Waals surface area contributed by atoms with Gasteiger partial charge in [-0.1, -0.05) is 0 Å². The molecule has 4 nitrogen and oxygen atoms in total. The zero-order valence-electron chi connectivity index (χ0n) is 9.80. The number of hydrogen-bond acceptors (Lipinski definition) is 3. The summed E-state index contributed by atoms with van der Waals surface area (Å²) in [5, 5.41) is 8.51. The van der Waals surface area contributed by atoms with E-state index in [0.717, 1.165) is 29.9 Å². The van der Waals surface area contributed by atoms with Crippen molar-refractivity contribution in [3.8, 4) is 17.3 Å². The molecule has 0 spiro atoms. The van der Waals surface area contributed by atoms with Gasteiger partial charge in [-0.3, -0.25) is 4.98 Å². The number of unbranched alkanes of at least 4 members (excludes halogenated alkanes) is 1. The molecule has 86 valence electrons. The van der Waals surface area contributed by atoms with Gasteiger partial charge in [-0.05, 0) is 25.5 Å². The molecule has 0 fully saturated rings. The van der Waals surface area contributed by atoms with E-state index < -0.39 is 0 Å². The molecule has 0 unspecified atom stereocenters. The Labute approximate surface area is 101 Å². The molecule has 2 heterocycles. The second-order valence-electron chi connectivity index (χ2n) is 3.88.